The van der Waals surface area contributed by atoms with Crippen LogP contribution in [0.25, 0.3) is 0 Å². The first-order valence-corrected chi connectivity index (χ1v) is 9.52. The molecule has 2 aliphatic rings. The number of carbonyl (C=O) groups is 3. The molecule has 0 aromatic carbocycles. The van der Waals surface area contributed by atoms with Gasteiger partial charge in [-0.05, 0) is 31.6 Å². The summed E-state index contributed by atoms with van der Waals surface area (Å²) in [5, 5.41) is 14.9. The first kappa shape index (κ1) is 19.5. The predicted molar refractivity (Wildman–Crippen MR) is 94.1 cm³/mol. The van der Waals surface area contributed by atoms with E-state index in [0.717, 1.165) is 12.8 Å². The summed E-state index contributed by atoms with van der Waals surface area (Å²) in [5.74, 6) is -1.10. The van der Waals surface area contributed by atoms with Gasteiger partial charge in [-0.15, -0.1) is 0 Å². The van der Waals surface area contributed by atoms with Crippen molar-refractivity contribution in [1.82, 2.24) is 15.5 Å². The highest BCUT2D eigenvalue weighted by Crippen LogP contribution is 2.24. The number of amides is 3. The van der Waals surface area contributed by atoms with Crippen molar-refractivity contribution in [3.63, 3.8) is 0 Å². The van der Waals surface area contributed by atoms with Gasteiger partial charge in [-0.3, -0.25) is 9.59 Å². The average Bonchev–Trinajstić information content (AvgIpc) is 2.59. The van der Waals surface area contributed by atoms with E-state index in [0.29, 0.717) is 38.9 Å². The number of hydrogen-bond acceptors (Lipinski definition) is 3. The van der Waals surface area contributed by atoms with E-state index in [2.05, 4.69) is 10.6 Å². The minimum atomic E-state index is -0.771. The van der Waals surface area contributed by atoms with Crippen LogP contribution in [0.1, 0.15) is 58.3 Å². The van der Waals surface area contributed by atoms with Crippen molar-refractivity contribution in [2.75, 3.05) is 19.6 Å². The first-order chi connectivity index (χ1) is 12.0. The molecule has 7 nitrogen and oxygen atoms in total. The van der Waals surface area contributed by atoms with Crippen LogP contribution in [0.15, 0.2) is 0 Å². The molecular formula is C18H31N3O4. The van der Waals surface area contributed by atoms with Gasteiger partial charge in [-0.1, -0.05) is 26.2 Å². The van der Waals surface area contributed by atoms with E-state index in [9.17, 15) is 14.4 Å². The van der Waals surface area contributed by atoms with Gasteiger partial charge >= 0.3 is 12.0 Å². The second-order valence-electron chi connectivity index (χ2n) is 7.39. The number of hydrogen-bond donors (Lipinski definition) is 3. The summed E-state index contributed by atoms with van der Waals surface area (Å²) in [4.78, 5) is 36.9. The van der Waals surface area contributed by atoms with E-state index in [1.165, 1.54) is 19.3 Å². The van der Waals surface area contributed by atoms with Gasteiger partial charge in [-0.2, -0.15) is 0 Å². The number of carbonyl (C=O) groups excluding carboxylic acids is 2. The fourth-order valence-electron chi connectivity index (χ4n) is 3.82. The fraction of sp³-hybridized carbons (Fsp3) is 0.833. The summed E-state index contributed by atoms with van der Waals surface area (Å²) < 4.78 is 0. The number of carboxylic acids is 1. The van der Waals surface area contributed by atoms with Crippen LogP contribution < -0.4 is 10.6 Å². The van der Waals surface area contributed by atoms with Crippen molar-refractivity contribution in [2.24, 2.45) is 11.8 Å². The number of nitrogens with one attached hydrogen (secondary N) is 2. The maximum Gasteiger partial charge on any atom is 0.315 e. The molecule has 3 N–H and O–H groups in total. The zero-order chi connectivity index (χ0) is 18.2. The lowest BCUT2D eigenvalue weighted by molar-refractivity contribution is -0.148. The lowest BCUT2D eigenvalue weighted by atomic mass is 9.87. The summed E-state index contributed by atoms with van der Waals surface area (Å²) >= 11 is 0. The van der Waals surface area contributed by atoms with Crippen molar-refractivity contribution < 1.29 is 19.5 Å². The van der Waals surface area contributed by atoms with E-state index in [-0.39, 0.29) is 29.8 Å². The van der Waals surface area contributed by atoms with Crippen LogP contribution in [0.5, 0.6) is 0 Å². The van der Waals surface area contributed by atoms with Crippen LogP contribution in [-0.4, -0.2) is 53.6 Å². The normalized spacial score (nSPS) is 24.6. The predicted octanol–water partition coefficient (Wildman–Crippen LogP) is 1.97. The van der Waals surface area contributed by atoms with E-state index in [4.69, 9.17) is 5.11 Å². The monoisotopic (exact) mass is 353 g/mol. The van der Waals surface area contributed by atoms with Crippen LogP contribution in [0, 0.1) is 11.8 Å². The molecule has 142 valence electrons. The van der Waals surface area contributed by atoms with E-state index in [1.54, 1.807) is 4.90 Å². The van der Waals surface area contributed by atoms with Gasteiger partial charge in [0.05, 0.1) is 5.92 Å². The fourth-order valence-corrected chi connectivity index (χ4v) is 3.82. The van der Waals surface area contributed by atoms with Gasteiger partial charge < -0.3 is 20.6 Å². The summed E-state index contributed by atoms with van der Waals surface area (Å²) in [6.07, 6.45) is 7.21. The number of aliphatic carboxylic acids is 1. The second-order valence-corrected chi connectivity index (χ2v) is 7.39. The maximum atomic E-state index is 12.2. The summed E-state index contributed by atoms with van der Waals surface area (Å²) in [6.45, 7) is 3.38. The van der Waals surface area contributed by atoms with Gasteiger partial charge in [0, 0.05) is 32.1 Å². The van der Waals surface area contributed by atoms with Crippen molar-refractivity contribution >= 4 is 17.9 Å². The van der Waals surface area contributed by atoms with Crippen molar-refractivity contribution in [2.45, 2.75) is 64.3 Å². The lowest BCUT2D eigenvalue weighted by Crippen LogP contribution is -2.45. The number of likely N-dealkylation sites (tertiary alicyclic amines) is 1. The minimum absolute atomic E-state index is 0.0189. The van der Waals surface area contributed by atoms with Crippen LogP contribution in [0.3, 0.4) is 0 Å². The Bertz CT molecular complexity index is 477. The summed E-state index contributed by atoms with van der Waals surface area (Å²) in [7, 11) is 0. The Balaban J connectivity index is 1.59. The third kappa shape index (κ3) is 6.21. The maximum absolute atomic E-state index is 12.2. The molecule has 1 saturated heterocycles. The highest BCUT2D eigenvalue weighted by molar-refractivity contribution is 5.77. The number of carboxylic acid groups (broad SMARTS) is 1. The molecule has 3 amide bonds. The molecule has 1 saturated carbocycles. The van der Waals surface area contributed by atoms with Crippen LogP contribution >= 0.6 is 0 Å². The molecule has 0 bridgehead atoms. The van der Waals surface area contributed by atoms with Gasteiger partial charge in [0.2, 0.25) is 5.91 Å². The van der Waals surface area contributed by atoms with Crippen LogP contribution in [-0.2, 0) is 9.59 Å². The average molecular weight is 353 g/mol. The van der Waals surface area contributed by atoms with Crippen molar-refractivity contribution in [3.8, 4) is 0 Å². The molecule has 2 atom stereocenters. The Morgan fingerprint density at radius 1 is 1.12 bits per heavy atom. The number of rotatable bonds is 6. The van der Waals surface area contributed by atoms with Gasteiger partial charge in [0.25, 0.3) is 0 Å². The molecule has 1 aliphatic carbocycles. The Kier molecular flexibility index (Phi) is 7.52. The largest absolute Gasteiger partial charge is 0.481 e. The second kappa shape index (κ2) is 9.63. The Morgan fingerprint density at radius 3 is 2.48 bits per heavy atom. The smallest absolute Gasteiger partial charge is 0.315 e. The molecule has 0 radical (unpaired) electrons. The first-order valence-electron chi connectivity index (χ1n) is 9.52. The van der Waals surface area contributed by atoms with Crippen LogP contribution in [0.2, 0.25) is 0 Å². The number of piperidine rings is 1. The molecule has 25 heavy (non-hydrogen) atoms. The minimum Gasteiger partial charge on any atom is -0.481 e. The zero-order valence-corrected chi connectivity index (χ0v) is 15.1. The van der Waals surface area contributed by atoms with Gasteiger partial charge in [-0.25, -0.2) is 4.79 Å². The molecule has 1 heterocycles. The Labute approximate surface area is 149 Å². The zero-order valence-electron chi connectivity index (χ0n) is 15.1. The SMILES string of the molecule is CC1CN(C(=O)CCCNC(=O)NC2CCCCC2)CCC1C(=O)O. The standard InChI is InChI=1S/C18H31N3O4/c1-13-12-21(11-9-15(13)17(23)24)16(22)8-5-10-19-18(25)20-14-6-3-2-4-7-14/h13-15H,2-12H2,1H3,(H,23,24)(H2,19,20,25). The van der Waals surface area contributed by atoms with Crippen LogP contribution in [0.4, 0.5) is 4.79 Å². The molecule has 0 spiro atoms. The summed E-state index contributed by atoms with van der Waals surface area (Å²) in [5.41, 5.74) is 0. The van der Waals surface area contributed by atoms with E-state index >= 15 is 0 Å². The molecule has 2 fully saturated rings. The van der Waals surface area contributed by atoms with Crippen molar-refractivity contribution in [1.29, 1.82) is 0 Å². The molecular weight excluding hydrogens is 322 g/mol. The highest BCUT2D eigenvalue weighted by Gasteiger charge is 2.32. The summed E-state index contributed by atoms with van der Waals surface area (Å²) in [6, 6.07) is 0.141. The Hall–Kier alpha value is -1.79. The quantitative estimate of drug-likeness (QED) is 0.636. The molecule has 0 aromatic rings. The molecule has 7 heteroatoms. The van der Waals surface area contributed by atoms with Crippen molar-refractivity contribution in [3.05, 3.63) is 0 Å². The molecule has 0 aromatic heterocycles. The number of urea groups is 1. The number of nitrogens with zero attached hydrogens (tertiary/aromatic N) is 1. The third-order valence-corrected chi connectivity index (χ3v) is 5.37. The highest BCUT2D eigenvalue weighted by atomic mass is 16.4. The Morgan fingerprint density at radius 2 is 1.84 bits per heavy atom. The molecule has 1 aliphatic heterocycles. The molecule has 2 unspecified atom stereocenters. The topological polar surface area (TPSA) is 98.7 Å². The molecule has 2 rings (SSSR count). The van der Waals surface area contributed by atoms with E-state index in [1.807, 2.05) is 6.92 Å². The van der Waals surface area contributed by atoms with E-state index < -0.39 is 5.97 Å². The van der Waals surface area contributed by atoms with Gasteiger partial charge in [0.15, 0.2) is 0 Å². The lowest BCUT2D eigenvalue weighted by Gasteiger charge is -2.35. The third-order valence-electron chi connectivity index (χ3n) is 5.37. The van der Waals surface area contributed by atoms with Gasteiger partial charge in [0.1, 0.15) is 0 Å².